The molecule has 1 aromatic carbocycles. The van der Waals surface area contributed by atoms with E-state index in [-0.39, 0.29) is 24.8 Å². The van der Waals surface area contributed by atoms with E-state index in [1.807, 2.05) is 0 Å². The summed E-state index contributed by atoms with van der Waals surface area (Å²) in [6.07, 6.45) is 0.611. The molecule has 1 aliphatic heterocycles. The van der Waals surface area contributed by atoms with E-state index in [0.717, 1.165) is 5.56 Å². The van der Waals surface area contributed by atoms with Crippen LogP contribution in [-0.4, -0.2) is 54.7 Å². The Morgan fingerprint density at radius 1 is 1.41 bits per heavy atom. The van der Waals surface area contributed by atoms with Gasteiger partial charge in [0, 0.05) is 32.7 Å². The van der Waals surface area contributed by atoms with Crippen LogP contribution in [0.4, 0.5) is 5.69 Å². The second-order valence-electron chi connectivity index (χ2n) is 6.30. The van der Waals surface area contributed by atoms with Gasteiger partial charge in [0.15, 0.2) is 5.82 Å². The van der Waals surface area contributed by atoms with E-state index >= 15 is 0 Å². The monoisotopic (exact) mass is 374 g/mol. The van der Waals surface area contributed by atoms with Crippen LogP contribution in [0.1, 0.15) is 29.6 Å². The Morgan fingerprint density at radius 3 is 2.96 bits per heavy atom. The molecule has 1 aliphatic rings. The van der Waals surface area contributed by atoms with Gasteiger partial charge in [-0.3, -0.25) is 9.59 Å². The average molecular weight is 374 g/mol. The Kier molecular flexibility index (Phi) is 5.70. The molecular formula is C18H22N4O5. The molecule has 1 aromatic heterocycles. The third kappa shape index (κ3) is 4.25. The van der Waals surface area contributed by atoms with Gasteiger partial charge in [-0.25, -0.2) is 0 Å². The van der Waals surface area contributed by atoms with E-state index < -0.39 is 5.92 Å². The van der Waals surface area contributed by atoms with Crippen LogP contribution in [0.3, 0.4) is 0 Å². The SMILES string of the molecule is COCCc1noc(CN(C)C(=O)C2CC(=O)Nc3ccc(OC)cc32)n1. The molecular weight excluding hydrogens is 352 g/mol. The molecule has 2 amide bonds. The highest BCUT2D eigenvalue weighted by molar-refractivity contribution is 6.01. The molecule has 0 radical (unpaired) electrons. The molecule has 0 saturated carbocycles. The van der Waals surface area contributed by atoms with Crippen LogP contribution < -0.4 is 10.1 Å². The summed E-state index contributed by atoms with van der Waals surface area (Å²) in [6, 6.07) is 5.27. The molecule has 27 heavy (non-hydrogen) atoms. The van der Waals surface area contributed by atoms with Crippen molar-refractivity contribution in [2.24, 2.45) is 0 Å². The molecule has 1 N–H and O–H groups in total. The molecule has 144 valence electrons. The zero-order valence-corrected chi connectivity index (χ0v) is 15.5. The van der Waals surface area contributed by atoms with Crippen molar-refractivity contribution in [1.29, 1.82) is 0 Å². The van der Waals surface area contributed by atoms with Gasteiger partial charge >= 0.3 is 0 Å². The Morgan fingerprint density at radius 2 is 2.22 bits per heavy atom. The quantitative estimate of drug-likeness (QED) is 0.779. The van der Waals surface area contributed by atoms with Crippen LogP contribution in [0, 0.1) is 0 Å². The molecule has 0 spiro atoms. The first-order valence-electron chi connectivity index (χ1n) is 8.55. The Balaban J connectivity index is 1.75. The summed E-state index contributed by atoms with van der Waals surface area (Å²) in [5.74, 6) is 0.507. The van der Waals surface area contributed by atoms with Crippen molar-refractivity contribution in [2.45, 2.75) is 25.3 Å². The summed E-state index contributed by atoms with van der Waals surface area (Å²) in [7, 11) is 4.80. The van der Waals surface area contributed by atoms with Crippen molar-refractivity contribution in [3.8, 4) is 5.75 Å². The minimum atomic E-state index is -0.593. The number of carbonyl (C=O) groups excluding carboxylic acids is 2. The molecule has 0 aliphatic carbocycles. The van der Waals surface area contributed by atoms with Crippen LogP contribution >= 0.6 is 0 Å². The van der Waals surface area contributed by atoms with E-state index in [9.17, 15) is 9.59 Å². The highest BCUT2D eigenvalue weighted by Crippen LogP contribution is 2.36. The Hall–Kier alpha value is -2.94. The van der Waals surface area contributed by atoms with E-state index in [4.69, 9.17) is 14.0 Å². The van der Waals surface area contributed by atoms with E-state index in [0.29, 0.717) is 36.2 Å². The van der Waals surface area contributed by atoms with Gasteiger partial charge in [-0.1, -0.05) is 5.16 Å². The van der Waals surface area contributed by atoms with Gasteiger partial charge in [-0.05, 0) is 23.8 Å². The number of aromatic nitrogens is 2. The lowest BCUT2D eigenvalue weighted by molar-refractivity contribution is -0.134. The lowest BCUT2D eigenvalue weighted by Crippen LogP contribution is -2.36. The topological polar surface area (TPSA) is 107 Å². The first kappa shape index (κ1) is 18.8. The summed E-state index contributed by atoms with van der Waals surface area (Å²) >= 11 is 0. The Labute approximate surface area is 156 Å². The number of nitrogens with one attached hydrogen (secondary N) is 1. The van der Waals surface area contributed by atoms with Crippen molar-refractivity contribution < 1.29 is 23.6 Å². The lowest BCUT2D eigenvalue weighted by Gasteiger charge is -2.28. The molecule has 1 atom stereocenters. The van der Waals surface area contributed by atoms with Crippen LogP contribution in [0.15, 0.2) is 22.7 Å². The van der Waals surface area contributed by atoms with Gasteiger partial charge in [-0.15, -0.1) is 0 Å². The van der Waals surface area contributed by atoms with Gasteiger partial charge < -0.3 is 24.2 Å². The molecule has 3 rings (SSSR count). The normalized spacial score (nSPS) is 15.8. The summed E-state index contributed by atoms with van der Waals surface area (Å²) in [6.45, 7) is 0.653. The minimum absolute atomic E-state index is 0.0757. The zero-order valence-electron chi connectivity index (χ0n) is 15.5. The summed E-state index contributed by atoms with van der Waals surface area (Å²) in [5.41, 5.74) is 1.36. The third-order valence-electron chi connectivity index (χ3n) is 4.38. The van der Waals surface area contributed by atoms with Crippen LogP contribution in [0.25, 0.3) is 0 Å². The van der Waals surface area contributed by atoms with Crippen LogP contribution in [-0.2, 0) is 27.3 Å². The van der Waals surface area contributed by atoms with Crippen LogP contribution in [0.5, 0.6) is 5.75 Å². The number of nitrogens with zero attached hydrogens (tertiary/aromatic N) is 3. The van der Waals surface area contributed by atoms with E-state index in [2.05, 4.69) is 15.5 Å². The number of rotatable bonds is 7. The molecule has 2 heterocycles. The number of carbonyl (C=O) groups is 2. The highest BCUT2D eigenvalue weighted by Gasteiger charge is 2.33. The van der Waals surface area contributed by atoms with Crippen LogP contribution in [0.2, 0.25) is 0 Å². The first-order valence-corrected chi connectivity index (χ1v) is 8.55. The number of fused-ring (bicyclic) bond motifs is 1. The van der Waals surface area contributed by atoms with Crippen molar-refractivity contribution in [3.63, 3.8) is 0 Å². The van der Waals surface area contributed by atoms with Gasteiger partial charge in [-0.2, -0.15) is 4.98 Å². The van der Waals surface area contributed by atoms with Gasteiger partial charge in [0.05, 0.1) is 26.2 Å². The van der Waals surface area contributed by atoms with Gasteiger partial charge in [0.25, 0.3) is 0 Å². The summed E-state index contributed by atoms with van der Waals surface area (Å²) < 4.78 is 15.4. The smallest absolute Gasteiger partial charge is 0.246 e. The molecule has 2 aromatic rings. The van der Waals surface area contributed by atoms with Crippen molar-refractivity contribution in [2.75, 3.05) is 33.2 Å². The number of anilines is 1. The predicted octanol–water partition coefficient (Wildman–Crippen LogP) is 1.35. The number of hydrogen-bond donors (Lipinski definition) is 1. The Bertz CT molecular complexity index is 835. The molecule has 9 heteroatoms. The molecule has 1 unspecified atom stereocenters. The largest absolute Gasteiger partial charge is 0.497 e. The maximum absolute atomic E-state index is 13.0. The lowest BCUT2D eigenvalue weighted by atomic mass is 9.89. The average Bonchev–Trinajstić information content (AvgIpc) is 3.11. The summed E-state index contributed by atoms with van der Waals surface area (Å²) in [5, 5.41) is 6.65. The fraction of sp³-hybridized carbons (Fsp3) is 0.444. The number of likely N-dealkylation sites (N-methyl/N-ethyl adjacent to an activating group) is 1. The fourth-order valence-electron chi connectivity index (χ4n) is 2.98. The van der Waals surface area contributed by atoms with Crippen molar-refractivity contribution in [1.82, 2.24) is 15.0 Å². The van der Waals surface area contributed by atoms with Crippen molar-refractivity contribution in [3.05, 3.63) is 35.5 Å². The van der Waals surface area contributed by atoms with Gasteiger partial charge in [0.1, 0.15) is 5.75 Å². The number of ether oxygens (including phenoxy) is 2. The predicted molar refractivity (Wildman–Crippen MR) is 95.3 cm³/mol. The fourth-order valence-corrected chi connectivity index (χ4v) is 2.98. The number of amides is 2. The molecule has 9 nitrogen and oxygen atoms in total. The van der Waals surface area contributed by atoms with Crippen molar-refractivity contribution >= 4 is 17.5 Å². The molecule has 0 bridgehead atoms. The second-order valence-corrected chi connectivity index (χ2v) is 6.30. The number of hydrogen-bond acceptors (Lipinski definition) is 7. The van der Waals surface area contributed by atoms with E-state index in [1.54, 1.807) is 39.5 Å². The number of benzene rings is 1. The first-order chi connectivity index (χ1) is 13.0. The maximum atomic E-state index is 13.0. The third-order valence-corrected chi connectivity index (χ3v) is 4.38. The molecule has 0 fully saturated rings. The zero-order chi connectivity index (χ0) is 19.4. The maximum Gasteiger partial charge on any atom is 0.246 e. The minimum Gasteiger partial charge on any atom is -0.497 e. The highest BCUT2D eigenvalue weighted by atomic mass is 16.5. The molecule has 0 saturated heterocycles. The summed E-state index contributed by atoms with van der Waals surface area (Å²) in [4.78, 5) is 30.7. The number of methoxy groups -OCH3 is 2. The van der Waals surface area contributed by atoms with Gasteiger partial charge in [0.2, 0.25) is 17.7 Å². The van der Waals surface area contributed by atoms with E-state index in [1.165, 1.54) is 4.90 Å². The standard InChI is InChI=1S/C18H22N4O5/c1-22(10-17-20-15(21-27-17)6-7-25-2)18(24)13-9-16(23)19-14-5-4-11(26-3)8-12(13)14/h4-5,8,13H,6-7,9-10H2,1-3H3,(H,19,23). The second kappa shape index (κ2) is 8.17.